The van der Waals surface area contributed by atoms with Crippen LogP contribution in [0.3, 0.4) is 0 Å². The van der Waals surface area contributed by atoms with Crippen molar-refractivity contribution >= 4 is 5.57 Å². The van der Waals surface area contributed by atoms with E-state index in [1.807, 2.05) is 91.9 Å². The lowest BCUT2D eigenvalue weighted by atomic mass is 9.69. The predicted molar refractivity (Wildman–Crippen MR) is 117 cm³/mol. The van der Waals surface area contributed by atoms with Crippen LogP contribution >= 0.6 is 0 Å². The first-order valence-electron chi connectivity index (χ1n) is 9.79. The number of fused-ring (bicyclic) bond motifs is 4. The van der Waals surface area contributed by atoms with Crippen LogP contribution in [0.5, 0.6) is 0 Å². The third-order valence-corrected chi connectivity index (χ3v) is 6.36. The molecule has 2 aliphatic carbocycles. The average molecular weight is 378 g/mol. The molecule has 0 aromatic heterocycles. The molecule has 142 valence electrons. The molecule has 0 saturated carbocycles. The average Bonchev–Trinajstić information content (AvgIpc) is 3.16. The second kappa shape index (κ2) is 6.15. The molecule has 0 saturated heterocycles. The van der Waals surface area contributed by atoms with Crippen molar-refractivity contribution in [3.8, 4) is 11.1 Å². The molecule has 0 fully saturated rings. The van der Waals surface area contributed by atoms with Gasteiger partial charge >= 0.3 is 0 Å². The molecule has 2 aliphatic rings. The van der Waals surface area contributed by atoms with Gasteiger partial charge in [0, 0.05) is 0 Å². The summed E-state index contributed by atoms with van der Waals surface area (Å²) in [5.41, 5.74) is 3.41. The molecule has 5 rings (SSSR count). The van der Waals surface area contributed by atoms with Crippen LogP contribution in [-0.2, 0) is 11.2 Å². The van der Waals surface area contributed by atoms with Gasteiger partial charge in [0.1, 0.15) is 0 Å². The Morgan fingerprint density at radius 2 is 1.14 bits per heavy atom. The van der Waals surface area contributed by atoms with E-state index in [4.69, 9.17) is 0 Å². The quantitative estimate of drug-likeness (QED) is 0.606. The van der Waals surface area contributed by atoms with E-state index in [0.717, 1.165) is 39.0 Å². The van der Waals surface area contributed by atoms with Crippen molar-refractivity contribution in [1.29, 1.82) is 0 Å². The lowest BCUT2D eigenvalue weighted by Crippen LogP contribution is -2.49. The Morgan fingerprint density at radius 3 is 1.66 bits per heavy atom. The van der Waals surface area contributed by atoms with Gasteiger partial charge in [-0.25, -0.2) is 0 Å². The molecule has 1 atom stereocenters. The highest BCUT2D eigenvalue weighted by molar-refractivity contribution is 5.87. The van der Waals surface area contributed by atoms with E-state index in [1.165, 1.54) is 0 Å². The lowest BCUT2D eigenvalue weighted by molar-refractivity contribution is -0.108. The maximum atomic E-state index is 12.5. The van der Waals surface area contributed by atoms with E-state index in [-0.39, 0.29) is 0 Å². The van der Waals surface area contributed by atoms with Gasteiger partial charge in [0.05, 0.1) is 0 Å². The summed E-state index contributed by atoms with van der Waals surface area (Å²) >= 11 is 0. The summed E-state index contributed by atoms with van der Waals surface area (Å²) < 4.78 is 0. The first-order valence-corrected chi connectivity index (χ1v) is 9.79. The smallest absolute Gasteiger partial charge is 0.153 e. The molecule has 3 aromatic carbocycles. The van der Waals surface area contributed by atoms with Crippen LogP contribution in [-0.4, -0.2) is 10.2 Å². The van der Waals surface area contributed by atoms with Crippen LogP contribution < -0.4 is 0 Å². The molecule has 1 unspecified atom stereocenters. The van der Waals surface area contributed by atoms with Gasteiger partial charge in [-0.1, -0.05) is 97.6 Å². The van der Waals surface area contributed by atoms with Gasteiger partial charge in [-0.05, 0) is 51.5 Å². The number of allylic oxidation sites excluding steroid dienone is 3. The molecule has 0 bridgehead atoms. The highest BCUT2D eigenvalue weighted by Gasteiger charge is 2.61. The zero-order chi connectivity index (χ0) is 20.2. The Hall–Kier alpha value is -3.20. The third-order valence-electron chi connectivity index (χ3n) is 6.36. The first-order chi connectivity index (χ1) is 14.0. The van der Waals surface area contributed by atoms with Crippen LogP contribution in [0.25, 0.3) is 16.7 Å². The molecule has 0 amide bonds. The number of hydrogen-bond acceptors (Lipinski definition) is 2. The molecular weight excluding hydrogens is 356 g/mol. The second-order valence-electron chi connectivity index (χ2n) is 7.69. The molecule has 3 aromatic rings. The second-order valence-corrected chi connectivity index (χ2v) is 7.69. The molecule has 0 heterocycles. The largest absolute Gasteiger partial charge is 0.377 e. The van der Waals surface area contributed by atoms with Crippen molar-refractivity contribution in [1.82, 2.24) is 0 Å². The van der Waals surface area contributed by atoms with Gasteiger partial charge in [-0.15, -0.1) is 0 Å². The van der Waals surface area contributed by atoms with Gasteiger partial charge in [0.2, 0.25) is 0 Å². The fraction of sp³-hybridized carbons (Fsp3) is 0.111. The Bertz CT molecular complexity index is 1170. The van der Waals surface area contributed by atoms with E-state index in [9.17, 15) is 10.2 Å². The molecule has 0 spiro atoms. The van der Waals surface area contributed by atoms with E-state index in [0.29, 0.717) is 5.57 Å². The summed E-state index contributed by atoms with van der Waals surface area (Å²) in [7, 11) is 0. The van der Waals surface area contributed by atoms with Crippen LogP contribution in [0, 0.1) is 0 Å². The standard InChI is InChI=1S/C27H22O2/c1-3-4-14-22-18(2)19-11-5-8-15-23(19)26(22,28)27(29)24-16-9-6-12-20(24)21-13-7-10-17-25(21)27/h3-17,28-29H,1H2,2H3/b14-4-. The van der Waals surface area contributed by atoms with Crippen LogP contribution in [0.2, 0.25) is 0 Å². The van der Waals surface area contributed by atoms with Gasteiger partial charge in [-0.3, -0.25) is 0 Å². The summed E-state index contributed by atoms with van der Waals surface area (Å²) in [6.45, 7) is 5.77. The van der Waals surface area contributed by atoms with Crippen molar-refractivity contribution in [2.45, 2.75) is 18.1 Å². The molecule has 0 radical (unpaired) electrons. The summed E-state index contributed by atoms with van der Waals surface area (Å²) in [5, 5.41) is 24.9. The minimum Gasteiger partial charge on any atom is -0.377 e. The molecule has 29 heavy (non-hydrogen) atoms. The summed E-state index contributed by atoms with van der Waals surface area (Å²) in [4.78, 5) is 0. The van der Waals surface area contributed by atoms with Gasteiger partial charge in [-0.2, -0.15) is 0 Å². The molecule has 2 N–H and O–H groups in total. The fourth-order valence-electron chi connectivity index (χ4n) is 5.09. The first kappa shape index (κ1) is 17.9. The molecule has 2 nitrogen and oxygen atoms in total. The monoisotopic (exact) mass is 378 g/mol. The van der Waals surface area contributed by atoms with Crippen LogP contribution in [0.4, 0.5) is 0 Å². The number of aliphatic hydroxyl groups is 2. The van der Waals surface area contributed by atoms with Gasteiger partial charge in [0.25, 0.3) is 0 Å². The fourth-order valence-corrected chi connectivity index (χ4v) is 5.09. The number of benzene rings is 3. The molecule has 0 aliphatic heterocycles. The topological polar surface area (TPSA) is 40.5 Å². The maximum absolute atomic E-state index is 12.5. The van der Waals surface area contributed by atoms with E-state index < -0.39 is 11.2 Å². The summed E-state index contributed by atoms with van der Waals surface area (Å²) in [6, 6.07) is 23.4. The van der Waals surface area contributed by atoms with Crippen LogP contribution in [0.1, 0.15) is 29.2 Å². The Balaban J connectivity index is 1.91. The normalized spacial score (nSPS) is 21.2. The highest BCUT2D eigenvalue weighted by Crippen LogP contribution is 2.61. The zero-order valence-electron chi connectivity index (χ0n) is 16.3. The van der Waals surface area contributed by atoms with Crippen molar-refractivity contribution in [3.05, 3.63) is 125 Å². The Labute approximate surface area is 170 Å². The van der Waals surface area contributed by atoms with Crippen molar-refractivity contribution in [2.75, 3.05) is 0 Å². The predicted octanol–water partition coefficient (Wildman–Crippen LogP) is 5.32. The molecule has 2 heteroatoms. The van der Waals surface area contributed by atoms with Crippen molar-refractivity contribution < 1.29 is 10.2 Å². The minimum atomic E-state index is -1.63. The maximum Gasteiger partial charge on any atom is 0.153 e. The lowest BCUT2D eigenvalue weighted by Gasteiger charge is -2.42. The Morgan fingerprint density at radius 1 is 0.690 bits per heavy atom. The number of hydrogen-bond donors (Lipinski definition) is 2. The summed E-state index contributed by atoms with van der Waals surface area (Å²) in [6.07, 6.45) is 5.36. The van der Waals surface area contributed by atoms with E-state index in [2.05, 4.69) is 6.58 Å². The van der Waals surface area contributed by atoms with Crippen molar-refractivity contribution in [2.24, 2.45) is 0 Å². The summed E-state index contributed by atoms with van der Waals surface area (Å²) in [5.74, 6) is 0. The zero-order valence-corrected chi connectivity index (χ0v) is 16.3. The van der Waals surface area contributed by atoms with Crippen LogP contribution in [0.15, 0.2) is 103 Å². The van der Waals surface area contributed by atoms with Crippen molar-refractivity contribution in [3.63, 3.8) is 0 Å². The van der Waals surface area contributed by atoms with Gasteiger partial charge < -0.3 is 10.2 Å². The third kappa shape index (κ3) is 2.08. The van der Waals surface area contributed by atoms with E-state index in [1.54, 1.807) is 6.08 Å². The Kier molecular flexibility index (Phi) is 3.79. The van der Waals surface area contributed by atoms with Gasteiger partial charge in [0.15, 0.2) is 11.2 Å². The number of rotatable bonds is 3. The molecular formula is C27H22O2. The van der Waals surface area contributed by atoms with E-state index >= 15 is 0 Å². The highest BCUT2D eigenvalue weighted by atomic mass is 16.4. The minimum absolute atomic E-state index is 0.688. The SMILES string of the molecule is C=C/C=C\C1=C(C)c2ccccc2C1(O)C1(O)c2ccccc2-c2ccccc21.